The van der Waals surface area contributed by atoms with Gasteiger partial charge in [0.2, 0.25) is 5.91 Å². The van der Waals surface area contributed by atoms with Crippen LogP contribution in [0.3, 0.4) is 0 Å². The molecule has 0 unspecified atom stereocenters. The lowest BCUT2D eigenvalue weighted by molar-refractivity contribution is -0.120. The summed E-state index contributed by atoms with van der Waals surface area (Å²) in [4.78, 5) is 14.3. The Kier molecular flexibility index (Phi) is 4.47. The minimum Gasteiger partial charge on any atom is -0.376 e. The minimum atomic E-state index is 0.0500. The monoisotopic (exact) mass is 325 g/mol. The number of hydrogen-bond donors (Lipinski definition) is 2. The topological polar surface area (TPSA) is 44.4 Å². The van der Waals surface area contributed by atoms with Crippen LogP contribution in [0.15, 0.2) is 22.7 Å². The summed E-state index contributed by atoms with van der Waals surface area (Å²) in [6.07, 6.45) is 0. The Bertz CT molecular complexity index is 476. The number of anilines is 2. The molecule has 1 saturated heterocycles. The number of carbonyl (C=O) groups is 1. The van der Waals surface area contributed by atoms with Gasteiger partial charge in [-0.05, 0) is 30.7 Å². The van der Waals surface area contributed by atoms with Gasteiger partial charge in [0.05, 0.1) is 17.3 Å². The fourth-order valence-electron chi connectivity index (χ4n) is 2.38. The lowest BCUT2D eigenvalue weighted by Crippen LogP contribution is -2.28. The van der Waals surface area contributed by atoms with Crippen molar-refractivity contribution < 1.29 is 4.79 Å². The molecule has 4 nitrogen and oxygen atoms in total. The molecule has 0 saturated carbocycles. The summed E-state index contributed by atoms with van der Waals surface area (Å²) >= 11 is 3.45. The second kappa shape index (κ2) is 5.92. The van der Waals surface area contributed by atoms with Crippen LogP contribution >= 0.6 is 15.9 Å². The van der Waals surface area contributed by atoms with Gasteiger partial charge in [-0.15, -0.1) is 0 Å². The van der Waals surface area contributed by atoms with Crippen molar-refractivity contribution >= 4 is 33.2 Å². The van der Waals surface area contributed by atoms with Gasteiger partial charge in [0.15, 0.2) is 0 Å². The van der Waals surface area contributed by atoms with Crippen LogP contribution in [-0.4, -0.2) is 33.1 Å². The summed E-state index contributed by atoms with van der Waals surface area (Å²) in [6, 6.07) is 5.92. The van der Waals surface area contributed by atoms with E-state index in [9.17, 15) is 4.79 Å². The quantitative estimate of drug-likeness (QED) is 0.896. The molecule has 1 aliphatic heterocycles. The predicted molar refractivity (Wildman–Crippen MR) is 82.6 cm³/mol. The van der Waals surface area contributed by atoms with E-state index in [0.29, 0.717) is 5.92 Å². The molecule has 2 atom stereocenters. The van der Waals surface area contributed by atoms with Crippen LogP contribution in [0, 0.1) is 11.8 Å². The van der Waals surface area contributed by atoms with E-state index in [1.807, 2.05) is 37.2 Å². The van der Waals surface area contributed by atoms with Crippen LogP contribution in [0.4, 0.5) is 11.4 Å². The summed E-state index contributed by atoms with van der Waals surface area (Å²) in [5.41, 5.74) is 1.86. The van der Waals surface area contributed by atoms with Gasteiger partial charge in [-0.1, -0.05) is 22.9 Å². The summed E-state index contributed by atoms with van der Waals surface area (Å²) in [6.45, 7) is 3.79. The van der Waals surface area contributed by atoms with E-state index >= 15 is 0 Å². The molecule has 1 fully saturated rings. The zero-order valence-corrected chi connectivity index (χ0v) is 13.1. The first-order valence-electron chi connectivity index (χ1n) is 6.47. The van der Waals surface area contributed by atoms with Crippen molar-refractivity contribution in [1.82, 2.24) is 5.32 Å². The van der Waals surface area contributed by atoms with Crippen molar-refractivity contribution in [2.24, 2.45) is 11.8 Å². The summed E-state index contributed by atoms with van der Waals surface area (Å²) in [5.74, 6) is 0.530. The molecule has 19 heavy (non-hydrogen) atoms. The molecule has 2 N–H and O–H groups in total. The third-order valence-electron chi connectivity index (χ3n) is 3.55. The maximum atomic E-state index is 12.3. The summed E-state index contributed by atoms with van der Waals surface area (Å²) in [7, 11) is 3.94. The molecule has 5 heteroatoms. The molecule has 0 radical (unpaired) electrons. The van der Waals surface area contributed by atoms with Crippen molar-refractivity contribution in [1.29, 1.82) is 0 Å². The number of carbonyl (C=O) groups excluding carboxylic acids is 1. The maximum absolute atomic E-state index is 12.3. The smallest absolute Gasteiger partial charge is 0.229 e. The zero-order chi connectivity index (χ0) is 14.0. The second-order valence-electron chi connectivity index (χ2n) is 5.29. The van der Waals surface area contributed by atoms with Crippen molar-refractivity contribution in [3.8, 4) is 0 Å². The standard InChI is InChI=1S/C14H20BrN3O/c1-9-7-16-8-11(9)14(19)17-12-6-10(15)4-5-13(12)18(2)3/h4-6,9,11,16H,7-8H2,1-3H3,(H,17,19)/t9-,11-/m1/s1. The molecule has 2 rings (SSSR count). The first-order valence-corrected chi connectivity index (χ1v) is 7.27. The second-order valence-corrected chi connectivity index (χ2v) is 6.20. The molecule has 1 aliphatic rings. The zero-order valence-electron chi connectivity index (χ0n) is 11.5. The normalized spacial score (nSPS) is 22.3. The number of benzene rings is 1. The van der Waals surface area contributed by atoms with Crippen molar-refractivity contribution in [3.05, 3.63) is 22.7 Å². The Balaban J connectivity index is 2.18. The summed E-state index contributed by atoms with van der Waals surface area (Å²) < 4.78 is 0.964. The van der Waals surface area contributed by atoms with Crippen LogP contribution in [0.2, 0.25) is 0 Å². The van der Waals surface area contributed by atoms with Crippen LogP contribution in [0.1, 0.15) is 6.92 Å². The van der Waals surface area contributed by atoms with E-state index in [1.165, 1.54) is 0 Å². The molecule has 0 bridgehead atoms. The number of rotatable bonds is 3. The van der Waals surface area contributed by atoms with E-state index in [1.54, 1.807) is 0 Å². The fourth-order valence-corrected chi connectivity index (χ4v) is 2.75. The van der Waals surface area contributed by atoms with Crippen molar-refractivity contribution in [2.75, 3.05) is 37.4 Å². The van der Waals surface area contributed by atoms with Crippen LogP contribution in [0.25, 0.3) is 0 Å². The Morgan fingerprint density at radius 2 is 2.16 bits per heavy atom. The lowest BCUT2D eigenvalue weighted by Gasteiger charge is -2.20. The molecule has 104 valence electrons. The Morgan fingerprint density at radius 1 is 1.42 bits per heavy atom. The lowest BCUT2D eigenvalue weighted by atomic mass is 9.97. The number of amides is 1. The molecule has 0 aliphatic carbocycles. The Morgan fingerprint density at radius 3 is 2.74 bits per heavy atom. The van der Waals surface area contributed by atoms with Crippen molar-refractivity contribution in [3.63, 3.8) is 0 Å². The van der Waals surface area contributed by atoms with Gasteiger partial charge in [0.25, 0.3) is 0 Å². The summed E-state index contributed by atoms with van der Waals surface area (Å²) in [5, 5.41) is 6.31. The van der Waals surface area contributed by atoms with E-state index in [0.717, 1.165) is 28.9 Å². The SMILES string of the molecule is C[C@@H]1CNC[C@H]1C(=O)Nc1cc(Br)ccc1N(C)C. The maximum Gasteiger partial charge on any atom is 0.229 e. The van der Waals surface area contributed by atoms with Gasteiger partial charge < -0.3 is 15.5 Å². The molecular weight excluding hydrogens is 306 g/mol. The average molecular weight is 326 g/mol. The molecule has 1 heterocycles. The third-order valence-corrected chi connectivity index (χ3v) is 4.05. The highest BCUT2D eigenvalue weighted by Crippen LogP contribution is 2.29. The molecular formula is C14H20BrN3O. The first-order chi connectivity index (χ1) is 8.99. The highest BCUT2D eigenvalue weighted by Gasteiger charge is 2.29. The van der Waals surface area contributed by atoms with E-state index in [4.69, 9.17) is 0 Å². The highest BCUT2D eigenvalue weighted by molar-refractivity contribution is 9.10. The third kappa shape index (κ3) is 3.28. The highest BCUT2D eigenvalue weighted by atomic mass is 79.9. The van der Waals surface area contributed by atoms with Crippen LogP contribution < -0.4 is 15.5 Å². The van der Waals surface area contributed by atoms with Crippen molar-refractivity contribution in [2.45, 2.75) is 6.92 Å². The Hall–Kier alpha value is -1.07. The van der Waals surface area contributed by atoms with Crippen LogP contribution in [0.5, 0.6) is 0 Å². The molecule has 1 aromatic carbocycles. The van der Waals surface area contributed by atoms with Gasteiger partial charge in [-0.25, -0.2) is 0 Å². The van der Waals surface area contributed by atoms with Crippen LogP contribution in [-0.2, 0) is 4.79 Å². The van der Waals surface area contributed by atoms with E-state index in [2.05, 4.69) is 33.5 Å². The molecule has 0 spiro atoms. The number of hydrogen-bond acceptors (Lipinski definition) is 3. The first kappa shape index (κ1) is 14.3. The number of nitrogens with one attached hydrogen (secondary N) is 2. The Labute approximate surface area is 122 Å². The average Bonchev–Trinajstić information content (AvgIpc) is 2.75. The molecule has 1 aromatic rings. The van der Waals surface area contributed by atoms with E-state index < -0.39 is 0 Å². The molecule has 0 aromatic heterocycles. The minimum absolute atomic E-state index is 0.0500. The molecule has 1 amide bonds. The van der Waals surface area contributed by atoms with Gasteiger partial charge in [0, 0.05) is 25.1 Å². The number of nitrogens with zero attached hydrogens (tertiary/aromatic N) is 1. The van der Waals surface area contributed by atoms with E-state index in [-0.39, 0.29) is 11.8 Å². The predicted octanol–water partition coefficient (Wildman–Crippen LogP) is 2.31. The van der Waals surface area contributed by atoms with Gasteiger partial charge >= 0.3 is 0 Å². The largest absolute Gasteiger partial charge is 0.376 e. The van der Waals surface area contributed by atoms with Gasteiger partial charge in [0.1, 0.15) is 0 Å². The van der Waals surface area contributed by atoms with Gasteiger partial charge in [-0.2, -0.15) is 0 Å². The van der Waals surface area contributed by atoms with Gasteiger partial charge in [-0.3, -0.25) is 4.79 Å². The number of halogens is 1. The fraction of sp³-hybridized carbons (Fsp3) is 0.500.